The van der Waals surface area contributed by atoms with Crippen molar-refractivity contribution in [3.63, 3.8) is 0 Å². The quantitative estimate of drug-likeness (QED) is 0.819. The van der Waals surface area contributed by atoms with Crippen LogP contribution in [-0.2, 0) is 4.79 Å². The van der Waals surface area contributed by atoms with Crippen LogP contribution in [0.25, 0.3) is 0 Å². The number of nitrogens with two attached hydrogens (primary N) is 1. The van der Waals surface area contributed by atoms with Crippen molar-refractivity contribution in [1.29, 1.82) is 0 Å². The van der Waals surface area contributed by atoms with Crippen molar-refractivity contribution >= 4 is 28.6 Å². The minimum atomic E-state index is -0.203. The Morgan fingerprint density at radius 2 is 2.24 bits per heavy atom. The predicted octanol–water partition coefficient (Wildman–Crippen LogP) is 1.34. The summed E-state index contributed by atoms with van der Waals surface area (Å²) in [5, 5.41) is -0.203. The highest BCUT2D eigenvalue weighted by Gasteiger charge is 2.29. The molecule has 0 aromatic heterocycles. The molecule has 0 unspecified atom stereocenters. The lowest BCUT2D eigenvalue weighted by molar-refractivity contribution is -0.124. The molecule has 6 heteroatoms. The van der Waals surface area contributed by atoms with Gasteiger partial charge in [0.25, 0.3) is 5.24 Å². The van der Waals surface area contributed by atoms with Gasteiger partial charge in [-0.1, -0.05) is 17.8 Å². The highest BCUT2D eigenvalue weighted by Crippen LogP contribution is 2.19. The molecule has 2 rings (SSSR count). The van der Waals surface area contributed by atoms with E-state index < -0.39 is 0 Å². The van der Waals surface area contributed by atoms with E-state index in [9.17, 15) is 9.59 Å². The van der Waals surface area contributed by atoms with Gasteiger partial charge in [0.05, 0.1) is 12.3 Å². The minimum Gasteiger partial charge on any atom is -0.492 e. The fraction of sp³-hybridized carbons (Fsp3) is 0.273. The summed E-state index contributed by atoms with van der Waals surface area (Å²) in [5.74, 6) is 0.713. The number of carbonyl (C=O) groups is 2. The fourth-order valence-electron chi connectivity index (χ4n) is 1.46. The summed E-state index contributed by atoms with van der Waals surface area (Å²) in [6.45, 7) is 0.557. The molecule has 1 aliphatic heterocycles. The van der Waals surface area contributed by atoms with Crippen molar-refractivity contribution in [3.05, 3.63) is 24.3 Å². The van der Waals surface area contributed by atoms with E-state index in [1.807, 2.05) is 0 Å². The lowest BCUT2D eigenvalue weighted by Gasteiger charge is -2.13. The summed E-state index contributed by atoms with van der Waals surface area (Å²) < 4.78 is 5.41. The predicted molar refractivity (Wildman–Crippen MR) is 65.9 cm³/mol. The van der Waals surface area contributed by atoms with Crippen molar-refractivity contribution < 1.29 is 14.3 Å². The zero-order valence-electron chi connectivity index (χ0n) is 9.09. The van der Waals surface area contributed by atoms with Crippen molar-refractivity contribution in [1.82, 2.24) is 4.90 Å². The lowest BCUT2D eigenvalue weighted by atomic mass is 10.3. The van der Waals surface area contributed by atoms with Crippen molar-refractivity contribution in [2.24, 2.45) is 0 Å². The molecule has 1 aromatic carbocycles. The lowest BCUT2D eigenvalue weighted by Crippen LogP contribution is -2.32. The van der Waals surface area contributed by atoms with Gasteiger partial charge in [-0.3, -0.25) is 14.5 Å². The second kappa shape index (κ2) is 5.09. The van der Waals surface area contributed by atoms with E-state index in [1.54, 1.807) is 24.3 Å². The number of amides is 2. The van der Waals surface area contributed by atoms with Gasteiger partial charge in [-0.25, -0.2) is 0 Å². The summed E-state index contributed by atoms with van der Waals surface area (Å²) in [4.78, 5) is 23.8. The van der Waals surface area contributed by atoms with Crippen LogP contribution in [0.5, 0.6) is 5.75 Å². The Kier molecular flexibility index (Phi) is 3.53. The Bertz CT molecular complexity index is 434. The van der Waals surface area contributed by atoms with Crippen LogP contribution in [0.1, 0.15) is 0 Å². The monoisotopic (exact) mass is 252 g/mol. The van der Waals surface area contributed by atoms with Crippen LogP contribution in [0.3, 0.4) is 0 Å². The molecule has 2 amide bonds. The number of ether oxygens (including phenoxy) is 1. The molecule has 1 aromatic rings. The molecule has 1 aliphatic rings. The first-order valence-electron chi connectivity index (χ1n) is 5.12. The van der Waals surface area contributed by atoms with E-state index in [4.69, 9.17) is 10.5 Å². The highest BCUT2D eigenvalue weighted by molar-refractivity contribution is 8.14. The van der Waals surface area contributed by atoms with Gasteiger partial charge in [-0.05, 0) is 12.1 Å². The number of imide groups is 1. The van der Waals surface area contributed by atoms with Gasteiger partial charge in [0.2, 0.25) is 5.91 Å². The summed E-state index contributed by atoms with van der Waals surface area (Å²) in [7, 11) is 0. The number of benzene rings is 1. The molecule has 2 N–H and O–H groups in total. The smallest absolute Gasteiger partial charge is 0.288 e. The standard InChI is InChI=1S/C11H12N2O3S/c12-8-2-1-3-9(6-8)16-5-4-13-10(14)7-17-11(13)15/h1-3,6H,4-5,7,12H2. The molecule has 90 valence electrons. The number of carbonyl (C=O) groups excluding carboxylic acids is 2. The second-order valence-corrected chi connectivity index (χ2v) is 4.45. The zero-order valence-corrected chi connectivity index (χ0v) is 9.90. The van der Waals surface area contributed by atoms with Gasteiger partial charge in [-0.2, -0.15) is 0 Å². The molecule has 17 heavy (non-hydrogen) atoms. The molecule has 1 fully saturated rings. The van der Waals surface area contributed by atoms with Crippen molar-refractivity contribution in [3.8, 4) is 5.75 Å². The first-order valence-corrected chi connectivity index (χ1v) is 6.11. The molecular formula is C11H12N2O3S. The van der Waals surface area contributed by atoms with E-state index >= 15 is 0 Å². The third-order valence-electron chi connectivity index (χ3n) is 2.28. The molecule has 0 saturated carbocycles. The molecule has 0 spiro atoms. The van der Waals surface area contributed by atoms with Gasteiger partial charge in [0.1, 0.15) is 12.4 Å². The van der Waals surface area contributed by atoms with E-state index in [2.05, 4.69) is 0 Å². The molecule has 1 saturated heterocycles. The molecule has 0 aliphatic carbocycles. The van der Waals surface area contributed by atoms with Crippen LogP contribution in [0.4, 0.5) is 10.5 Å². The summed E-state index contributed by atoms with van der Waals surface area (Å²) >= 11 is 1.02. The average molecular weight is 252 g/mol. The van der Waals surface area contributed by atoms with Crippen LogP contribution >= 0.6 is 11.8 Å². The maximum absolute atomic E-state index is 11.3. The number of thioether (sulfide) groups is 1. The highest BCUT2D eigenvalue weighted by atomic mass is 32.2. The van der Waals surface area contributed by atoms with E-state index in [1.165, 1.54) is 4.90 Å². The average Bonchev–Trinajstić information content (AvgIpc) is 2.61. The summed E-state index contributed by atoms with van der Waals surface area (Å²) in [6.07, 6.45) is 0. The van der Waals surface area contributed by atoms with E-state index in [0.29, 0.717) is 11.4 Å². The van der Waals surface area contributed by atoms with Crippen LogP contribution in [-0.4, -0.2) is 35.0 Å². The summed E-state index contributed by atoms with van der Waals surface area (Å²) in [6, 6.07) is 7.02. The minimum absolute atomic E-state index is 0.156. The topological polar surface area (TPSA) is 72.6 Å². The molecule has 1 heterocycles. The zero-order chi connectivity index (χ0) is 12.3. The Morgan fingerprint density at radius 3 is 2.88 bits per heavy atom. The van der Waals surface area contributed by atoms with E-state index in [-0.39, 0.29) is 30.1 Å². The van der Waals surface area contributed by atoms with Crippen LogP contribution in [0.2, 0.25) is 0 Å². The number of hydrogen-bond acceptors (Lipinski definition) is 5. The van der Waals surface area contributed by atoms with Gasteiger partial charge in [-0.15, -0.1) is 0 Å². The van der Waals surface area contributed by atoms with Crippen LogP contribution < -0.4 is 10.5 Å². The van der Waals surface area contributed by atoms with Crippen molar-refractivity contribution in [2.75, 3.05) is 24.6 Å². The molecule has 0 bridgehead atoms. The first-order chi connectivity index (χ1) is 8.16. The summed E-state index contributed by atoms with van der Waals surface area (Å²) in [5.41, 5.74) is 6.21. The Morgan fingerprint density at radius 1 is 1.41 bits per heavy atom. The Hall–Kier alpha value is -1.69. The van der Waals surface area contributed by atoms with Crippen molar-refractivity contribution in [2.45, 2.75) is 0 Å². The van der Waals surface area contributed by atoms with Gasteiger partial charge in [0.15, 0.2) is 0 Å². The number of rotatable bonds is 4. The molecule has 0 radical (unpaired) electrons. The third-order valence-corrected chi connectivity index (χ3v) is 3.14. The number of nitrogen functional groups attached to an aromatic ring is 1. The number of anilines is 1. The molecule has 0 atom stereocenters. The molecular weight excluding hydrogens is 240 g/mol. The van der Waals surface area contributed by atoms with Crippen LogP contribution in [0.15, 0.2) is 24.3 Å². The second-order valence-electron chi connectivity index (χ2n) is 3.52. The largest absolute Gasteiger partial charge is 0.492 e. The SMILES string of the molecule is Nc1cccc(OCCN2C(=O)CSC2=O)c1. The molecule has 5 nitrogen and oxygen atoms in total. The van der Waals surface area contributed by atoms with E-state index in [0.717, 1.165) is 11.8 Å². The third kappa shape index (κ3) is 2.91. The fourth-order valence-corrected chi connectivity index (χ4v) is 2.21. The number of nitrogens with zero attached hydrogens (tertiary/aromatic N) is 1. The Labute approximate surface area is 103 Å². The Balaban J connectivity index is 1.83. The first kappa shape index (κ1) is 11.8. The van der Waals surface area contributed by atoms with Gasteiger partial charge in [0, 0.05) is 11.8 Å². The maximum atomic E-state index is 11.3. The van der Waals surface area contributed by atoms with Gasteiger partial charge < -0.3 is 10.5 Å². The van der Waals surface area contributed by atoms with Gasteiger partial charge >= 0.3 is 0 Å². The maximum Gasteiger partial charge on any atom is 0.288 e. The normalized spacial score (nSPS) is 15.4. The number of hydrogen-bond donors (Lipinski definition) is 1. The van der Waals surface area contributed by atoms with Crippen LogP contribution in [0, 0.1) is 0 Å².